The Hall–Kier alpha value is -1.50. The van der Waals surface area contributed by atoms with Crippen LogP contribution in [-0.2, 0) is 11.3 Å². The molecule has 21 heavy (non-hydrogen) atoms. The number of nitrogens with zero attached hydrogens (tertiary/aromatic N) is 3. The number of hydrogen-bond acceptors (Lipinski definition) is 3. The highest BCUT2D eigenvalue weighted by molar-refractivity contribution is 5.71. The van der Waals surface area contributed by atoms with Gasteiger partial charge in [-0.2, -0.15) is 5.10 Å². The minimum Gasteiger partial charge on any atom is -0.481 e. The normalized spacial score (nSPS) is 26.5. The Bertz CT molecular complexity index is 528. The molecule has 0 aromatic carbocycles. The maximum atomic E-state index is 13.9. The van der Waals surface area contributed by atoms with Crippen LogP contribution >= 0.6 is 0 Å². The van der Waals surface area contributed by atoms with Gasteiger partial charge in [0.15, 0.2) is 0 Å². The van der Waals surface area contributed by atoms with Crippen LogP contribution in [0.15, 0.2) is 12.3 Å². The van der Waals surface area contributed by atoms with Crippen LogP contribution in [0.3, 0.4) is 0 Å². The summed E-state index contributed by atoms with van der Waals surface area (Å²) < 4.78 is 29.7. The van der Waals surface area contributed by atoms with Crippen molar-refractivity contribution in [2.45, 2.75) is 44.2 Å². The van der Waals surface area contributed by atoms with E-state index in [2.05, 4.69) is 5.10 Å². The summed E-state index contributed by atoms with van der Waals surface area (Å²) in [4.78, 5) is 12.5. The largest absolute Gasteiger partial charge is 0.481 e. The van der Waals surface area contributed by atoms with Crippen LogP contribution < -0.4 is 0 Å². The van der Waals surface area contributed by atoms with Gasteiger partial charge in [-0.15, -0.1) is 0 Å². The quantitative estimate of drug-likeness (QED) is 0.925. The Kier molecular flexibility index (Phi) is 3.69. The zero-order valence-corrected chi connectivity index (χ0v) is 11.7. The summed E-state index contributed by atoms with van der Waals surface area (Å²) in [6.45, 7) is 0.278. The molecule has 1 aliphatic heterocycles. The van der Waals surface area contributed by atoms with E-state index in [1.165, 1.54) is 6.42 Å². The highest BCUT2D eigenvalue weighted by atomic mass is 19.3. The minimum atomic E-state index is -3.18. The molecule has 3 rings (SSSR count). The predicted molar refractivity (Wildman–Crippen MR) is 71.1 cm³/mol. The van der Waals surface area contributed by atoms with E-state index < -0.39 is 24.4 Å². The number of halogens is 2. The summed E-state index contributed by atoms with van der Waals surface area (Å²) in [6.07, 6.45) is 5.06. The lowest BCUT2D eigenvalue weighted by Crippen LogP contribution is -2.51. The van der Waals surface area contributed by atoms with Crippen molar-refractivity contribution in [2.75, 3.05) is 13.1 Å². The number of carboxylic acid groups (broad SMARTS) is 1. The second-order valence-corrected chi connectivity index (χ2v) is 6.00. The highest BCUT2D eigenvalue weighted by Crippen LogP contribution is 2.35. The van der Waals surface area contributed by atoms with Crippen LogP contribution in [0, 0.1) is 5.92 Å². The molecule has 2 aliphatic rings. The lowest BCUT2D eigenvalue weighted by molar-refractivity contribution is -0.167. The van der Waals surface area contributed by atoms with E-state index in [9.17, 15) is 13.6 Å². The van der Waals surface area contributed by atoms with Crippen LogP contribution in [0.25, 0.3) is 0 Å². The summed E-state index contributed by atoms with van der Waals surface area (Å²) in [5.74, 6) is -6.14. The number of alkyl halides is 2. The van der Waals surface area contributed by atoms with Crippen LogP contribution in [0.4, 0.5) is 8.78 Å². The molecule has 2 heterocycles. The molecule has 1 aromatic rings. The Labute approximate surface area is 121 Å². The molecule has 116 valence electrons. The average molecular weight is 299 g/mol. The lowest BCUT2D eigenvalue weighted by Gasteiger charge is -2.37. The molecule has 2 fully saturated rings. The summed E-state index contributed by atoms with van der Waals surface area (Å²) in [5.41, 5.74) is 0.935. The van der Waals surface area contributed by atoms with Gasteiger partial charge in [0.2, 0.25) is 0 Å². The predicted octanol–water partition coefficient (Wildman–Crippen LogP) is 2.15. The van der Waals surface area contributed by atoms with E-state index in [0.717, 1.165) is 18.5 Å². The van der Waals surface area contributed by atoms with Crippen molar-refractivity contribution in [1.82, 2.24) is 14.7 Å². The number of likely N-dealkylation sites (tertiary alicyclic amines) is 1. The molecule has 1 saturated heterocycles. The van der Waals surface area contributed by atoms with Crippen molar-refractivity contribution in [3.05, 3.63) is 18.0 Å². The number of hydrogen-bond donors (Lipinski definition) is 1. The van der Waals surface area contributed by atoms with E-state index in [0.29, 0.717) is 19.1 Å². The Morgan fingerprint density at radius 3 is 2.76 bits per heavy atom. The van der Waals surface area contributed by atoms with Gasteiger partial charge in [-0.1, -0.05) is 0 Å². The summed E-state index contributed by atoms with van der Waals surface area (Å²) in [5, 5.41) is 13.2. The minimum absolute atomic E-state index is 0.0140. The van der Waals surface area contributed by atoms with Gasteiger partial charge in [-0.3, -0.25) is 14.4 Å². The monoisotopic (exact) mass is 299 g/mol. The maximum Gasteiger partial charge on any atom is 0.312 e. The second-order valence-electron chi connectivity index (χ2n) is 6.00. The smallest absolute Gasteiger partial charge is 0.312 e. The molecule has 7 heteroatoms. The van der Waals surface area contributed by atoms with Crippen LogP contribution in [-0.4, -0.2) is 44.8 Å². The molecule has 0 spiro atoms. The third-order valence-electron chi connectivity index (χ3n) is 4.53. The van der Waals surface area contributed by atoms with E-state index in [1.54, 1.807) is 11.1 Å². The molecular formula is C14H19F2N3O2. The fraction of sp³-hybridized carbons (Fsp3) is 0.714. The number of rotatable bonds is 4. The van der Waals surface area contributed by atoms with Crippen molar-refractivity contribution in [2.24, 2.45) is 5.92 Å². The SMILES string of the molecule is O=C(O)C1CCN(Cc2ccnn2C2CCC2)CC1(F)F. The molecule has 0 radical (unpaired) electrons. The summed E-state index contributed by atoms with van der Waals surface area (Å²) in [6, 6.07) is 2.26. The Morgan fingerprint density at radius 1 is 1.43 bits per heavy atom. The molecule has 0 amide bonds. The number of aromatic nitrogens is 2. The van der Waals surface area contributed by atoms with E-state index in [1.807, 2.05) is 10.7 Å². The topological polar surface area (TPSA) is 58.4 Å². The van der Waals surface area contributed by atoms with Crippen molar-refractivity contribution in [1.29, 1.82) is 0 Å². The zero-order chi connectivity index (χ0) is 15.0. The van der Waals surface area contributed by atoms with Gasteiger partial charge >= 0.3 is 5.97 Å². The lowest BCUT2D eigenvalue weighted by atomic mass is 9.92. The first-order valence-corrected chi connectivity index (χ1v) is 7.33. The number of piperidine rings is 1. The van der Waals surface area contributed by atoms with E-state index >= 15 is 0 Å². The molecule has 1 aromatic heterocycles. The molecule has 1 saturated carbocycles. The van der Waals surface area contributed by atoms with Gasteiger partial charge in [-0.25, -0.2) is 8.78 Å². The van der Waals surface area contributed by atoms with Gasteiger partial charge < -0.3 is 5.11 Å². The molecule has 1 aliphatic carbocycles. The van der Waals surface area contributed by atoms with Crippen molar-refractivity contribution in [3.8, 4) is 0 Å². The fourth-order valence-corrected chi connectivity index (χ4v) is 3.11. The van der Waals surface area contributed by atoms with Gasteiger partial charge in [0.1, 0.15) is 5.92 Å². The Balaban J connectivity index is 1.67. The second kappa shape index (κ2) is 5.36. The summed E-state index contributed by atoms with van der Waals surface area (Å²) >= 11 is 0. The number of aliphatic carboxylic acids is 1. The van der Waals surface area contributed by atoms with E-state index in [-0.39, 0.29) is 6.42 Å². The maximum absolute atomic E-state index is 13.9. The average Bonchev–Trinajstić information content (AvgIpc) is 2.73. The van der Waals surface area contributed by atoms with Gasteiger partial charge in [-0.05, 0) is 38.3 Å². The summed E-state index contributed by atoms with van der Waals surface area (Å²) in [7, 11) is 0. The van der Waals surface area contributed by atoms with Crippen molar-refractivity contribution in [3.63, 3.8) is 0 Å². The first kappa shape index (κ1) is 14.4. The molecule has 0 bridgehead atoms. The third-order valence-corrected chi connectivity index (χ3v) is 4.53. The molecule has 1 unspecified atom stereocenters. The third kappa shape index (κ3) is 2.79. The zero-order valence-electron chi connectivity index (χ0n) is 11.7. The first-order valence-electron chi connectivity index (χ1n) is 7.33. The molecular weight excluding hydrogens is 280 g/mol. The molecule has 5 nitrogen and oxygen atoms in total. The van der Waals surface area contributed by atoms with Gasteiger partial charge in [0.05, 0.1) is 18.3 Å². The number of carbonyl (C=O) groups is 1. The van der Waals surface area contributed by atoms with E-state index in [4.69, 9.17) is 5.11 Å². The molecule has 1 N–H and O–H groups in total. The Morgan fingerprint density at radius 2 is 2.19 bits per heavy atom. The first-order chi connectivity index (χ1) is 9.97. The van der Waals surface area contributed by atoms with Crippen LogP contribution in [0.5, 0.6) is 0 Å². The van der Waals surface area contributed by atoms with Crippen molar-refractivity contribution >= 4 is 5.97 Å². The number of carboxylic acids is 1. The van der Waals surface area contributed by atoms with Crippen LogP contribution in [0.1, 0.15) is 37.4 Å². The van der Waals surface area contributed by atoms with Crippen LogP contribution in [0.2, 0.25) is 0 Å². The standard InChI is InChI=1S/C14H19F2N3O2/c15-14(16)9-18(7-5-12(14)13(20)21)8-11-4-6-17-19(11)10-2-1-3-10/h4,6,10,12H,1-3,5,7-9H2,(H,20,21). The highest BCUT2D eigenvalue weighted by Gasteiger charge is 2.48. The van der Waals surface area contributed by atoms with Gasteiger partial charge in [0, 0.05) is 12.7 Å². The van der Waals surface area contributed by atoms with Crippen molar-refractivity contribution < 1.29 is 18.7 Å². The molecule has 1 atom stereocenters. The fourth-order valence-electron chi connectivity index (χ4n) is 3.11. The van der Waals surface area contributed by atoms with Gasteiger partial charge in [0.25, 0.3) is 5.92 Å².